The van der Waals surface area contributed by atoms with Crippen molar-refractivity contribution in [3.05, 3.63) is 64.5 Å². The molecule has 0 aromatic heterocycles. The van der Waals surface area contributed by atoms with Gasteiger partial charge in [0.25, 0.3) is 5.91 Å². The second-order valence-electron chi connectivity index (χ2n) is 7.21. The van der Waals surface area contributed by atoms with E-state index in [4.69, 9.17) is 0 Å². The van der Waals surface area contributed by atoms with Crippen molar-refractivity contribution in [2.75, 3.05) is 13.1 Å². The summed E-state index contributed by atoms with van der Waals surface area (Å²) in [5, 5.41) is 2.73. The first-order valence-electron chi connectivity index (χ1n) is 9.43. The first-order chi connectivity index (χ1) is 13.3. The number of piperidine rings is 1. The van der Waals surface area contributed by atoms with Crippen molar-refractivity contribution in [3.63, 3.8) is 0 Å². The maximum Gasteiger partial charge on any atom is 0.251 e. The Morgan fingerprint density at radius 3 is 2.39 bits per heavy atom. The Balaban J connectivity index is 1.78. The normalized spacial score (nSPS) is 15.4. The van der Waals surface area contributed by atoms with E-state index < -0.39 is 15.9 Å². The van der Waals surface area contributed by atoms with Crippen LogP contribution in [0.3, 0.4) is 0 Å². The van der Waals surface area contributed by atoms with Crippen LogP contribution in [0.15, 0.2) is 41.3 Å². The lowest BCUT2D eigenvalue weighted by Crippen LogP contribution is -2.36. The Bertz CT molecular complexity index is 983. The molecule has 1 fully saturated rings. The Labute approximate surface area is 165 Å². The van der Waals surface area contributed by atoms with Gasteiger partial charge in [0.2, 0.25) is 10.0 Å². The third kappa shape index (κ3) is 4.42. The van der Waals surface area contributed by atoms with Gasteiger partial charge in [-0.2, -0.15) is 4.31 Å². The monoisotopic (exact) mass is 404 g/mol. The van der Waals surface area contributed by atoms with Crippen LogP contribution in [-0.4, -0.2) is 31.7 Å². The highest BCUT2D eigenvalue weighted by atomic mass is 32.2. The number of nitrogens with one attached hydrogen (secondary N) is 1. The van der Waals surface area contributed by atoms with E-state index in [1.807, 2.05) is 0 Å². The van der Waals surface area contributed by atoms with E-state index in [1.165, 1.54) is 16.4 Å². The van der Waals surface area contributed by atoms with Gasteiger partial charge in [-0.25, -0.2) is 12.8 Å². The van der Waals surface area contributed by atoms with Gasteiger partial charge in [-0.15, -0.1) is 0 Å². The van der Waals surface area contributed by atoms with E-state index in [2.05, 4.69) is 5.32 Å². The SMILES string of the molecule is Cc1ccc(CNC(=O)c2ccc(C)c(S(=O)(=O)N3CCCCC3)c2)cc1F. The van der Waals surface area contributed by atoms with Crippen LogP contribution in [0.25, 0.3) is 0 Å². The smallest absolute Gasteiger partial charge is 0.251 e. The molecular weight excluding hydrogens is 379 g/mol. The maximum atomic E-state index is 13.6. The number of hydrogen-bond donors (Lipinski definition) is 1. The van der Waals surface area contributed by atoms with Crippen LogP contribution in [0.2, 0.25) is 0 Å². The minimum Gasteiger partial charge on any atom is -0.348 e. The summed E-state index contributed by atoms with van der Waals surface area (Å²) in [6, 6.07) is 9.49. The van der Waals surface area contributed by atoms with Gasteiger partial charge in [-0.1, -0.05) is 24.6 Å². The molecule has 0 radical (unpaired) electrons. The third-order valence-electron chi connectivity index (χ3n) is 5.07. The van der Waals surface area contributed by atoms with Crippen molar-refractivity contribution in [2.45, 2.75) is 44.6 Å². The van der Waals surface area contributed by atoms with Gasteiger partial charge in [0, 0.05) is 25.2 Å². The van der Waals surface area contributed by atoms with Crippen LogP contribution in [0.5, 0.6) is 0 Å². The highest BCUT2D eigenvalue weighted by molar-refractivity contribution is 7.89. The van der Waals surface area contributed by atoms with Crippen LogP contribution < -0.4 is 5.32 Å². The lowest BCUT2D eigenvalue weighted by Gasteiger charge is -2.26. The molecule has 5 nitrogen and oxygen atoms in total. The quantitative estimate of drug-likeness (QED) is 0.829. The maximum absolute atomic E-state index is 13.6. The molecule has 0 unspecified atom stereocenters. The van der Waals surface area contributed by atoms with Crippen LogP contribution in [0, 0.1) is 19.7 Å². The summed E-state index contributed by atoms with van der Waals surface area (Å²) in [5.74, 6) is -0.715. The largest absolute Gasteiger partial charge is 0.348 e. The van der Waals surface area contributed by atoms with Gasteiger partial charge in [0.1, 0.15) is 5.82 Å². The number of carbonyl (C=O) groups is 1. The molecule has 1 amide bonds. The summed E-state index contributed by atoms with van der Waals surface area (Å²) >= 11 is 0. The summed E-state index contributed by atoms with van der Waals surface area (Å²) < 4.78 is 41.1. The summed E-state index contributed by atoms with van der Waals surface area (Å²) in [6.07, 6.45) is 2.74. The highest BCUT2D eigenvalue weighted by Gasteiger charge is 2.28. The molecule has 2 aromatic carbocycles. The predicted octanol–water partition coefficient (Wildman–Crippen LogP) is 3.55. The lowest BCUT2D eigenvalue weighted by molar-refractivity contribution is 0.0950. The minimum atomic E-state index is -3.62. The molecule has 1 aliphatic rings. The summed E-state index contributed by atoms with van der Waals surface area (Å²) in [7, 11) is -3.62. The fraction of sp³-hybridized carbons (Fsp3) is 0.381. The predicted molar refractivity (Wildman–Crippen MR) is 106 cm³/mol. The Morgan fingerprint density at radius 2 is 1.71 bits per heavy atom. The molecule has 0 saturated carbocycles. The molecule has 7 heteroatoms. The molecule has 0 aliphatic carbocycles. The zero-order chi connectivity index (χ0) is 20.3. The van der Waals surface area contributed by atoms with Crippen LogP contribution >= 0.6 is 0 Å². The Morgan fingerprint density at radius 1 is 1.04 bits per heavy atom. The first kappa shape index (κ1) is 20.5. The topological polar surface area (TPSA) is 66.5 Å². The van der Waals surface area contributed by atoms with Gasteiger partial charge in [0.05, 0.1) is 4.90 Å². The molecule has 1 N–H and O–H groups in total. The van der Waals surface area contributed by atoms with E-state index in [9.17, 15) is 17.6 Å². The average Bonchev–Trinajstić information content (AvgIpc) is 2.69. The van der Waals surface area contributed by atoms with E-state index in [0.717, 1.165) is 19.3 Å². The number of benzene rings is 2. The Kier molecular flexibility index (Phi) is 6.15. The number of amides is 1. The average molecular weight is 405 g/mol. The van der Waals surface area contributed by atoms with Gasteiger partial charge in [-0.05, 0) is 61.6 Å². The fourth-order valence-corrected chi connectivity index (χ4v) is 5.06. The molecule has 150 valence electrons. The van der Waals surface area contributed by atoms with Gasteiger partial charge in [0.15, 0.2) is 0 Å². The zero-order valence-corrected chi connectivity index (χ0v) is 17.0. The molecule has 1 heterocycles. The van der Waals surface area contributed by atoms with E-state index in [1.54, 1.807) is 38.1 Å². The highest BCUT2D eigenvalue weighted by Crippen LogP contribution is 2.24. The molecule has 28 heavy (non-hydrogen) atoms. The molecule has 0 atom stereocenters. The molecule has 0 spiro atoms. The fourth-order valence-electron chi connectivity index (χ4n) is 3.29. The number of aryl methyl sites for hydroxylation is 2. The van der Waals surface area contributed by atoms with E-state index in [-0.39, 0.29) is 22.8 Å². The van der Waals surface area contributed by atoms with Gasteiger partial charge in [-0.3, -0.25) is 4.79 Å². The number of carbonyl (C=O) groups excluding carboxylic acids is 1. The second kappa shape index (κ2) is 8.41. The number of hydrogen-bond acceptors (Lipinski definition) is 3. The van der Waals surface area contributed by atoms with Crippen molar-refractivity contribution in [3.8, 4) is 0 Å². The van der Waals surface area contributed by atoms with Crippen molar-refractivity contribution >= 4 is 15.9 Å². The molecular formula is C21H25FN2O3S. The molecule has 1 saturated heterocycles. The molecule has 0 bridgehead atoms. The van der Waals surface area contributed by atoms with E-state index in [0.29, 0.717) is 29.8 Å². The van der Waals surface area contributed by atoms with E-state index >= 15 is 0 Å². The molecule has 3 rings (SSSR count). The van der Waals surface area contributed by atoms with Crippen LogP contribution in [0.1, 0.15) is 46.3 Å². The lowest BCUT2D eigenvalue weighted by atomic mass is 10.1. The third-order valence-corrected chi connectivity index (χ3v) is 7.11. The minimum absolute atomic E-state index is 0.165. The summed E-state index contributed by atoms with van der Waals surface area (Å²) in [6.45, 7) is 4.59. The van der Waals surface area contributed by atoms with Crippen molar-refractivity contribution in [1.29, 1.82) is 0 Å². The standard InChI is InChI=1S/C21H25FN2O3S/c1-15-6-8-17(12-19(15)22)14-23-21(25)18-9-7-16(2)20(13-18)28(26,27)24-10-4-3-5-11-24/h6-9,12-13H,3-5,10-11,14H2,1-2H3,(H,23,25). The van der Waals surface area contributed by atoms with Crippen LogP contribution in [-0.2, 0) is 16.6 Å². The Hall–Kier alpha value is -2.25. The van der Waals surface area contributed by atoms with Crippen molar-refractivity contribution in [2.24, 2.45) is 0 Å². The summed E-state index contributed by atoms with van der Waals surface area (Å²) in [5.41, 5.74) is 2.07. The molecule has 2 aromatic rings. The number of nitrogens with zero attached hydrogens (tertiary/aromatic N) is 1. The summed E-state index contributed by atoms with van der Waals surface area (Å²) in [4.78, 5) is 12.7. The number of rotatable bonds is 5. The molecule has 1 aliphatic heterocycles. The number of halogens is 1. The zero-order valence-electron chi connectivity index (χ0n) is 16.2. The van der Waals surface area contributed by atoms with Gasteiger partial charge >= 0.3 is 0 Å². The number of sulfonamides is 1. The van der Waals surface area contributed by atoms with Crippen molar-refractivity contribution < 1.29 is 17.6 Å². The van der Waals surface area contributed by atoms with Crippen molar-refractivity contribution in [1.82, 2.24) is 9.62 Å². The first-order valence-corrected chi connectivity index (χ1v) is 10.9. The van der Waals surface area contributed by atoms with Gasteiger partial charge < -0.3 is 5.32 Å². The second-order valence-corrected chi connectivity index (χ2v) is 9.12. The van der Waals surface area contributed by atoms with Crippen LogP contribution in [0.4, 0.5) is 4.39 Å².